The Morgan fingerprint density at radius 1 is 1.35 bits per heavy atom. The lowest BCUT2D eigenvalue weighted by molar-refractivity contribution is -0.148. The number of amides is 2. The van der Waals surface area contributed by atoms with Gasteiger partial charge < -0.3 is 20.6 Å². The molecule has 1 heterocycles. The van der Waals surface area contributed by atoms with Crippen molar-refractivity contribution in [2.24, 2.45) is 0 Å². The molecule has 0 aromatic rings. The van der Waals surface area contributed by atoms with E-state index in [4.69, 9.17) is 5.11 Å². The number of hydrogen-bond acceptors (Lipinski definition) is 4. The molecular weight excluding hydrogens is 262 g/mol. The van der Waals surface area contributed by atoms with Gasteiger partial charge in [0, 0.05) is 19.1 Å². The molecule has 1 unspecified atom stereocenters. The normalized spacial score (nSPS) is 23.7. The monoisotopic (exact) mass is 283 g/mol. The van der Waals surface area contributed by atoms with Crippen molar-refractivity contribution < 1.29 is 19.5 Å². The largest absolute Gasteiger partial charge is 0.481 e. The molecule has 0 spiro atoms. The van der Waals surface area contributed by atoms with Gasteiger partial charge in [0.15, 0.2) is 0 Å². The molecule has 2 aliphatic rings. The molecule has 2 amide bonds. The van der Waals surface area contributed by atoms with Crippen LogP contribution >= 0.6 is 0 Å². The van der Waals surface area contributed by atoms with E-state index >= 15 is 0 Å². The van der Waals surface area contributed by atoms with E-state index in [0.29, 0.717) is 19.1 Å². The third kappa shape index (κ3) is 3.69. The highest BCUT2D eigenvalue weighted by molar-refractivity contribution is 5.92. The first kappa shape index (κ1) is 14.8. The topological polar surface area (TPSA) is 98.7 Å². The maximum absolute atomic E-state index is 12.2. The fraction of sp³-hybridized carbons (Fsp3) is 0.769. The first-order valence-electron chi connectivity index (χ1n) is 7.10. The van der Waals surface area contributed by atoms with Crippen LogP contribution in [0.25, 0.3) is 0 Å². The Morgan fingerprint density at radius 3 is 2.70 bits per heavy atom. The van der Waals surface area contributed by atoms with E-state index in [0.717, 1.165) is 12.8 Å². The van der Waals surface area contributed by atoms with Crippen molar-refractivity contribution in [1.82, 2.24) is 15.5 Å². The van der Waals surface area contributed by atoms with Crippen LogP contribution < -0.4 is 10.6 Å². The maximum Gasteiger partial charge on any atom is 0.305 e. The summed E-state index contributed by atoms with van der Waals surface area (Å²) in [6.45, 7) is 0.924. The van der Waals surface area contributed by atoms with Crippen LogP contribution in [0.15, 0.2) is 0 Å². The minimum atomic E-state index is -1.08. The lowest BCUT2D eigenvalue weighted by Crippen LogP contribution is -2.59. The highest BCUT2D eigenvalue weighted by Gasteiger charge is 2.34. The molecule has 3 N–H and O–H groups in total. The summed E-state index contributed by atoms with van der Waals surface area (Å²) in [5.41, 5.74) is 0. The van der Waals surface area contributed by atoms with Crippen LogP contribution in [0, 0.1) is 0 Å². The van der Waals surface area contributed by atoms with Gasteiger partial charge in [0.1, 0.15) is 6.04 Å². The van der Waals surface area contributed by atoms with Gasteiger partial charge in [-0.15, -0.1) is 0 Å². The predicted molar refractivity (Wildman–Crippen MR) is 71.0 cm³/mol. The second kappa shape index (κ2) is 6.69. The molecule has 0 aromatic carbocycles. The predicted octanol–water partition coefficient (Wildman–Crippen LogP) is -0.680. The second-order valence-corrected chi connectivity index (χ2v) is 5.35. The Bertz CT molecular complexity index is 393. The molecular formula is C13H21N3O4. The van der Waals surface area contributed by atoms with Crippen LogP contribution in [0.3, 0.4) is 0 Å². The smallest absolute Gasteiger partial charge is 0.305 e. The summed E-state index contributed by atoms with van der Waals surface area (Å²) >= 11 is 0. The van der Waals surface area contributed by atoms with Gasteiger partial charge in [-0.25, -0.2) is 0 Å². The van der Waals surface area contributed by atoms with Gasteiger partial charge in [-0.1, -0.05) is 12.8 Å². The van der Waals surface area contributed by atoms with Gasteiger partial charge in [-0.3, -0.25) is 14.4 Å². The number of carbonyl (C=O) groups excluding carboxylic acids is 2. The first-order valence-corrected chi connectivity index (χ1v) is 7.10. The standard InChI is InChI=1S/C13H21N3O4/c17-11(8-15-9-3-1-2-4-9)16-6-5-14-13(20)10(16)7-12(18)19/h9-10,15H,1-8H2,(H,14,20)(H,18,19). The van der Waals surface area contributed by atoms with Gasteiger partial charge in [0.05, 0.1) is 13.0 Å². The number of carboxylic acids is 1. The third-order valence-corrected chi connectivity index (χ3v) is 3.92. The van der Waals surface area contributed by atoms with Crippen molar-refractivity contribution >= 4 is 17.8 Å². The van der Waals surface area contributed by atoms with Gasteiger partial charge in [-0.05, 0) is 12.8 Å². The number of piperazine rings is 1. The number of hydrogen-bond donors (Lipinski definition) is 3. The van der Waals surface area contributed by atoms with E-state index in [1.807, 2.05) is 0 Å². The summed E-state index contributed by atoms with van der Waals surface area (Å²) in [5.74, 6) is -1.65. The Hall–Kier alpha value is -1.63. The first-order chi connectivity index (χ1) is 9.58. The van der Waals surface area contributed by atoms with Crippen LogP contribution in [0.5, 0.6) is 0 Å². The van der Waals surface area contributed by atoms with E-state index in [2.05, 4.69) is 10.6 Å². The van der Waals surface area contributed by atoms with Gasteiger partial charge in [0.2, 0.25) is 11.8 Å². The van der Waals surface area contributed by atoms with Crippen molar-refractivity contribution in [2.75, 3.05) is 19.6 Å². The Labute approximate surface area is 117 Å². The molecule has 2 rings (SSSR count). The van der Waals surface area contributed by atoms with Crippen LogP contribution in [0.4, 0.5) is 0 Å². The molecule has 0 aromatic heterocycles. The van der Waals surface area contributed by atoms with Crippen molar-refractivity contribution in [2.45, 2.75) is 44.2 Å². The quantitative estimate of drug-likeness (QED) is 0.621. The molecule has 2 fully saturated rings. The summed E-state index contributed by atoms with van der Waals surface area (Å²) in [6, 6.07) is -0.519. The molecule has 0 bridgehead atoms. The fourth-order valence-electron chi connectivity index (χ4n) is 2.84. The minimum absolute atomic E-state index is 0.175. The molecule has 1 saturated heterocycles. The van der Waals surface area contributed by atoms with Crippen molar-refractivity contribution in [3.8, 4) is 0 Å². The number of rotatable bonds is 5. The van der Waals surface area contributed by atoms with Crippen molar-refractivity contribution in [3.63, 3.8) is 0 Å². The van der Waals surface area contributed by atoms with E-state index in [-0.39, 0.29) is 24.8 Å². The number of nitrogens with one attached hydrogen (secondary N) is 2. The minimum Gasteiger partial charge on any atom is -0.481 e. The Kier molecular flexibility index (Phi) is 4.94. The summed E-state index contributed by atoms with van der Waals surface area (Å²) < 4.78 is 0. The lowest BCUT2D eigenvalue weighted by atomic mass is 10.1. The molecule has 1 aliphatic heterocycles. The van der Waals surface area contributed by atoms with Crippen molar-refractivity contribution in [1.29, 1.82) is 0 Å². The van der Waals surface area contributed by atoms with Crippen LogP contribution in [-0.2, 0) is 14.4 Å². The molecule has 1 atom stereocenters. The molecule has 1 saturated carbocycles. The average Bonchev–Trinajstić information content (AvgIpc) is 2.91. The van der Waals surface area contributed by atoms with Crippen LogP contribution in [-0.4, -0.2) is 59.5 Å². The second-order valence-electron chi connectivity index (χ2n) is 5.35. The average molecular weight is 283 g/mol. The van der Waals surface area contributed by atoms with Crippen LogP contribution in [0.1, 0.15) is 32.1 Å². The van der Waals surface area contributed by atoms with E-state index in [1.54, 1.807) is 0 Å². The maximum atomic E-state index is 12.2. The van der Waals surface area contributed by atoms with E-state index in [9.17, 15) is 14.4 Å². The molecule has 112 valence electrons. The molecule has 7 heteroatoms. The molecule has 7 nitrogen and oxygen atoms in total. The molecule has 0 radical (unpaired) electrons. The summed E-state index contributed by atoms with van der Waals surface area (Å²) in [5, 5.41) is 14.7. The number of aliphatic carboxylic acids is 1. The zero-order valence-corrected chi connectivity index (χ0v) is 11.4. The SMILES string of the molecule is O=C(O)CC1C(=O)NCCN1C(=O)CNC1CCCC1. The van der Waals surface area contributed by atoms with Gasteiger partial charge in [-0.2, -0.15) is 0 Å². The van der Waals surface area contributed by atoms with Crippen LogP contribution in [0.2, 0.25) is 0 Å². The van der Waals surface area contributed by atoms with E-state index in [1.165, 1.54) is 17.7 Å². The summed E-state index contributed by atoms with van der Waals surface area (Å²) in [4.78, 5) is 36.1. The molecule has 20 heavy (non-hydrogen) atoms. The number of carboxylic acid groups (broad SMARTS) is 1. The lowest BCUT2D eigenvalue weighted by Gasteiger charge is -2.34. The summed E-state index contributed by atoms with van der Waals surface area (Å²) in [7, 11) is 0. The van der Waals surface area contributed by atoms with Crippen molar-refractivity contribution in [3.05, 3.63) is 0 Å². The van der Waals surface area contributed by atoms with Gasteiger partial charge >= 0.3 is 5.97 Å². The van der Waals surface area contributed by atoms with E-state index < -0.39 is 12.0 Å². The highest BCUT2D eigenvalue weighted by atomic mass is 16.4. The fourth-order valence-corrected chi connectivity index (χ4v) is 2.84. The Balaban J connectivity index is 1.90. The number of carbonyl (C=O) groups is 3. The highest BCUT2D eigenvalue weighted by Crippen LogP contribution is 2.17. The van der Waals surface area contributed by atoms with Gasteiger partial charge in [0.25, 0.3) is 0 Å². The third-order valence-electron chi connectivity index (χ3n) is 3.92. The Morgan fingerprint density at radius 2 is 2.05 bits per heavy atom. The zero-order valence-electron chi connectivity index (χ0n) is 11.4. The summed E-state index contributed by atoms with van der Waals surface area (Å²) in [6.07, 6.45) is 4.17. The molecule has 1 aliphatic carbocycles. The zero-order chi connectivity index (χ0) is 14.5. The number of nitrogens with zero attached hydrogens (tertiary/aromatic N) is 1.